The first kappa shape index (κ1) is 15.1. The molecule has 0 radical (unpaired) electrons. The number of carbonyl (C=O) groups excluding carboxylic acids is 2. The number of pyridine rings is 1. The number of hydrogen-bond donors (Lipinski definition) is 1. The van der Waals surface area contributed by atoms with Gasteiger partial charge < -0.3 is 10.1 Å². The first-order chi connectivity index (χ1) is 8.75. The number of aromatic nitrogens is 1. The molecule has 0 aliphatic heterocycles. The molecule has 1 N–H and O–H groups in total. The van der Waals surface area contributed by atoms with E-state index in [1.807, 2.05) is 27.7 Å². The first-order valence-electron chi connectivity index (χ1n) is 6.07. The van der Waals surface area contributed by atoms with Crippen LogP contribution in [0.4, 0.5) is 0 Å². The Hall–Kier alpha value is -1.91. The molecule has 0 unspecified atom stereocenters. The number of amides is 1. The molecular formula is C14H20N2O3. The van der Waals surface area contributed by atoms with Crippen molar-refractivity contribution in [3.8, 4) is 0 Å². The molecule has 19 heavy (non-hydrogen) atoms. The van der Waals surface area contributed by atoms with E-state index in [4.69, 9.17) is 4.74 Å². The zero-order valence-electron chi connectivity index (χ0n) is 12.0. The van der Waals surface area contributed by atoms with Crippen molar-refractivity contribution in [2.45, 2.75) is 33.7 Å². The van der Waals surface area contributed by atoms with Crippen LogP contribution in [0.3, 0.4) is 0 Å². The Morgan fingerprint density at radius 2 is 1.95 bits per heavy atom. The van der Waals surface area contributed by atoms with E-state index in [0.717, 1.165) is 5.69 Å². The predicted octanol–water partition coefficient (Wildman–Crippen LogP) is 1.71. The second-order valence-electron chi connectivity index (χ2n) is 5.48. The largest absolute Gasteiger partial charge is 0.467 e. The van der Waals surface area contributed by atoms with Crippen LogP contribution in [-0.4, -0.2) is 30.0 Å². The topological polar surface area (TPSA) is 68.3 Å². The Balaban J connectivity index is 2.88. The second kappa shape index (κ2) is 5.82. The lowest BCUT2D eigenvalue weighted by Gasteiger charge is -2.28. The maximum absolute atomic E-state index is 12.1. The van der Waals surface area contributed by atoms with Crippen LogP contribution >= 0.6 is 0 Å². The van der Waals surface area contributed by atoms with Crippen LogP contribution in [0.2, 0.25) is 0 Å². The lowest BCUT2D eigenvalue weighted by atomic mass is 9.86. The fraction of sp³-hybridized carbons (Fsp3) is 0.500. The Kier molecular flexibility index (Phi) is 4.64. The average molecular weight is 264 g/mol. The number of carbonyl (C=O) groups is 2. The minimum atomic E-state index is -0.702. The molecule has 0 bridgehead atoms. The highest BCUT2D eigenvalue weighted by Crippen LogP contribution is 2.20. The summed E-state index contributed by atoms with van der Waals surface area (Å²) in [5.74, 6) is -0.793. The molecule has 5 heteroatoms. The van der Waals surface area contributed by atoms with E-state index in [1.54, 1.807) is 12.1 Å². The summed E-state index contributed by atoms with van der Waals surface area (Å²) in [5.41, 5.74) is 0.821. The van der Waals surface area contributed by atoms with Gasteiger partial charge in [-0.2, -0.15) is 0 Å². The Bertz CT molecular complexity index is 461. The summed E-state index contributed by atoms with van der Waals surface area (Å²) >= 11 is 0. The van der Waals surface area contributed by atoms with Gasteiger partial charge in [-0.1, -0.05) is 20.8 Å². The van der Waals surface area contributed by atoms with Crippen molar-refractivity contribution in [3.05, 3.63) is 29.6 Å². The third-order valence-corrected chi connectivity index (χ3v) is 2.75. The third kappa shape index (κ3) is 4.05. The van der Waals surface area contributed by atoms with Crippen LogP contribution in [0.15, 0.2) is 18.3 Å². The molecule has 0 saturated heterocycles. The van der Waals surface area contributed by atoms with E-state index >= 15 is 0 Å². The van der Waals surface area contributed by atoms with Crippen LogP contribution in [0, 0.1) is 12.3 Å². The molecule has 5 nitrogen and oxygen atoms in total. The van der Waals surface area contributed by atoms with Crippen molar-refractivity contribution in [1.29, 1.82) is 0 Å². The molecule has 1 aromatic rings. The monoisotopic (exact) mass is 264 g/mol. The van der Waals surface area contributed by atoms with Crippen molar-refractivity contribution in [3.63, 3.8) is 0 Å². The van der Waals surface area contributed by atoms with E-state index in [2.05, 4.69) is 10.3 Å². The highest BCUT2D eigenvalue weighted by molar-refractivity contribution is 5.96. The molecule has 0 saturated carbocycles. The maximum Gasteiger partial charge on any atom is 0.328 e. The van der Waals surface area contributed by atoms with Crippen LogP contribution in [0.5, 0.6) is 0 Å². The lowest BCUT2D eigenvalue weighted by Crippen LogP contribution is -2.49. The maximum atomic E-state index is 12.1. The summed E-state index contributed by atoms with van der Waals surface area (Å²) in [4.78, 5) is 27.9. The van der Waals surface area contributed by atoms with Crippen LogP contribution in [0.1, 0.15) is 36.8 Å². The van der Waals surface area contributed by atoms with Crippen LogP contribution in [0.25, 0.3) is 0 Å². The number of nitrogens with zero attached hydrogens (tertiary/aromatic N) is 1. The summed E-state index contributed by atoms with van der Waals surface area (Å²) in [6.07, 6.45) is 1.49. The number of nitrogens with one attached hydrogen (secondary N) is 1. The van der Waals surface area contributed by atoms with Gasteiger partial charge in [0.05, 0.1) is 12.7 Å². The van der Waals surface area contributed by atoms with Crippen molar-refractivity contribution in [1.82, 2.24) is 10.3 Å². The van der Waals surface area contributed by atoms with E-state index in [1.165, 1.54) is 13.3 Å². The fourth-order valence-corrected chi connectivity index (χ4v) is 1.56. The normalized spacial score (nSPS) is 12.7. The van der Waals surface area contributed by atoms with Gasteiger partial charge in [0.25, 0.3) is 5.91 Å². The number of esters is 1. The standard InChI is InChI=1S/C14H20N2O3/c1-9-6-7-10(8-15-9)12(17)16-11(13(18)19-5)14(2,3)4/h6-8,11H,1-5H3,(H,16,17)/t11-/m0/s1. The fourth-order valence-electron chi connectivity index (χ4n) is 1.56. The van der Waals surface area contributed by atoms with Gasteiger partial charge in [0, 0.05) is 11.9 Å². The van der Waals surface area contributed by atoms with Gasteiger partial charge in [-0.15, -0.1) is 0 Å². The Labute approximate surface area is 113 Å². The highest BCUT2D eigenvalue weighted by atomic mass is 16.5. The van der Waals surface area contributed by atoms with Crippen molar-refractivity contribution < 1.29 is 14.3 Å². The number of methoxy groups -OCH3 is 1. The van der Waals surface area contributed by atoms with E-state index in [0.29, 0.717) is 5.56 Å². The third-order valence-electron chi connectivity index (χ3n) is 2.75. The number of ether oxygens (including phenoxy) is 1. The Morgan fingerprint density at radius 1 is 1.32 bits per heavy atom. The second-order valence-corrected chi connectivity index (χ2v) is 5.48. The molecule has 0 aromatic carbocycles. The molecule has 0 fully saturated rings. The SMILES string of the molecule is COC(=O)[C@H](NC(=O)c1ccc(C)nc1)C(C)(C)C. The van der Waals surface area contributed by atoms with Crippen molar-refractivity contribution in [2.75, 3.05) is 7.11 Å². The van der Waals surface area contributed by atoms with Gasteiger partial charge in [-0.25, -0.2) is 4.79 Å². The van der Waals surface area contributed by atoms with E-state index in [9.17, 15) is 9.59 Å². The zero-order valence-corrected chi connectivity index (χ0v) is 12.0. The van der Waals surface area contributed by atoms with Gasteiger partial charge >= 0.3 is 5.97 Å². The summed E-state index contributed by atoms with van der Waals surface area (Å²) in [7, 11) is 1.31. The van der Waals surface area contributed by atoms with E-state index < -0.39 is 17.4 Å². The molecule has 1 heterocycles. The quantitative estimate of drug-likeness (QED) is 0.844. The summed E-state index contributed by atoms with van der Waals surface area (Å²) in [6.45, 7) is 7.43. The molecule has 1 atom stereocenters. The molecule has 1 amide bonds. The number of aryl methyl sites for hydroxylation is 1. The minimum Gasteiger partial charge on any atom is -0.467 e. The minimum absolute atomic E-state index is 0.335. The van der Waals surface area contributed by atoms with Crippen LogP contribution in [-0.2, 0) is 9.53 Å². The van der Waals surface area contributed by atoms with Crippen molar-refractivity contribution >= 4 is 11.9 Å². The van der Waals surface area contributed by atoms with Gasteiger partial charge in [0.1, 0.15) is 6.04 Å². The van der Waals surface area contributed by atoms with Gasteiger partial charge in [-0.05, 0) is 24.5 Å². The molecule has 0 spiro atoms. The van der Waals surface area contributed by atoms with E-state index in [-0.39, 0.29) is 5.91 Å². The molecule has 104 valence electrons. The predicted molar refractivity (Wildman–Crippen MR) is 71.7 cm³/mol. The average Bonchev–Trinajstić information content (AvgIpc) is 2.34. The van der Waals surface area contributed by atoms with Gasteiger partial charge in [-0.3, -0.25) is 9.78 Å². The number of rotatable bonds is 3. The molecule has 1 aromatic heterocycles. The van der Waals surface area contributed by atoms with Crippen molar-refractivity contribution in [2.24, 2.45) is 5.41 Å². The first-order valence-corrected chi connectivity index (χ1v) is 6.07. The molecular weight excluding hydrogens is 244 g/mol. The molecule has 0 aliphatic rings. The zero-order chi connectivity index (χ0) is 14.6. The molecule has 0 aliphatic carbocycles. The van der Waals surface area contributed by atoms with Gasteiger partial charge in [0.15, 0.2) is 0 Å². The summed E-state index contributed by atoms with van der Waals surface area (Å²) < 4.78 is 4.73. The lowest BCUT2D eigenvalue weighted by molar-refractivity contribution is -0.145. The summed E-state index contributed by atoms with van der Waals surface area (Å²) in [6, 6.07) is 2.72. The smallest absolute Gasteiger partial charge is 0.328 e. The van der Waals surface area contributed by atoms with Gasteiger partial charge in [0.2, 0.25) is 0 Å². The molecule has 1 rings (SSSR count). The summed E-state index contributed by atoms with van der Waals surface area (Å²) in [5, 5.41) is 2.69. The van der Waals surface area contributed by atoms with Crippen LogP contribution < -0.4 is 5.32 Å². The highest BCUT2D eigenvalue weighted by Gasteiger charge is 2.33. The number of hydrogen-bond acceptors (Lipinski definition) is 4. The Morgan fingerprint density at radius 3 is 2.37 bits per heavy atom.